The number of halogens is 4. The second-order valence-electron chi connectivity index (χ2n) is 31.6. The Morgan fingerprint density at radius 2 is 0.703 bits per heavy atom. The summed E-state index contributed by atoms with van der Waals surface area (Å²) in [5.41, 5.74) is 12.5. The Balaban J connectivity index is 0.000000108. The van der Waals surface area contributed by atoms with Crippen LogP contribution in [0, 0.1) is 0 Å². The van der Waals surface area contributed by atoms with Crippen LogP contribution in [-0.2, 0) is 37.1 Å². The van der Waals surface area contributed by atoms with Crippen LogP contribution in [0.2, 0.25) is 0 Å². The molecule has 0 radical (unpaired) electrons. The van der Waals surface area contributed by atoms with Gasteiger partial charge in [0.15, 0.2) is 0 Å². The van der Waals surface area contributed by atoms with Crippen molar-refractivity contribution in [1.82, 2.24) is 0 Å². The van der Waals surface area contributed by atoms with Crippen molar-refractivity contribution in [2.24, 2.45) is 20.0 Å². The van der Waals surface area contributed by atoms with E-state index in [1.807, 2.05) is 55.2 Å². The molecule has 0 aromatic heterocycles. The molecule has 12 aromatic carbocycles. The van der Waals surface area contributed by atoms with Crippen molar-refractivity contribution in [3.05, 3.63) is 264 Å². The van der Waals surface area contributed by atoms with E-state index >= 15 is 0 Å². The highest BCUT2D eigenvalue weighted by molar-refractivity contribution is 9.09. The van der Waals surface area contributed by atoms with E-state index in [0.717, 1.165) is 102 Å². The molecule has 8 heterocycles. The van der Waals surface area contributed by atoms with Gasteiger partial charge in [0.05, 0.1) is 59.7 Å². The Kier molecular flexibility index (Phi) is 19.0. The van der Waals surface area contributed by atoms with E-state index < -0.39 is 22.9 Å². The van der Waals surface area contributed by atoms with Crippen LogP contribution in [0.5, 0.6) is 23.0 Å². The largest absolute Gasteiger partial charge is 0.459 e. The molecular formula is C94H88Br4N8O5. The molecular weight excluding hydrogens is 1640 g/mol. The Labute approximate surface area is 683 Å². The van der Waals surface area contributed by atoms with Gasteiger partial charge in [-0.1, -0.05) is 246 Å². The summed E-state index contributed by atoms with van der Waals surface area (Å²) >= 11 is 14.3. The molecule has 4 spiro atoms. The Morgan fingerprint density at radius 1 is 0.333 bits per heavy atom. The standard InChI is InChI=1S/C25H25BrN2O2.3C23H21BrN2O/c1-24(2)20-9-5-6-10-21(20)28(14-16-29-15-13-26)25(24)17-27-23-19-8-4-3-7-18(19)11-12-22(23)30-25;1-22(2)20-16(13-24)8-6-10-18(20)26(3)23(22)14-25-21-17-9-5-4-7-15(17)11-12-19(21)27-23;1-22(2)18-10-8-15(13-24)12-19(18)26(3)23(22)14-25-21-17-7-5-4-6-16(17)9-11-20(21)27-23;1-22(2)18-9-5-6-10-19(18)26(14-13-24)23(22)15-25-21-17-8-4-3-7-16(17)11-12-20(21)27-23/h3-12,17H,13-16H2,1-2H3;2*4-12,14H,13H2,1-3H3;3-12,15H,13-14H2,1-2H3. The first-order valence-electron chi connectivity index (χ1n) is 38.0. The molecule has 0 bridgehead atoms. The Morgan fingerprint density at radius 3 is 1.14 bits per heavy atom. The summed E-state index contributed by atoms with van der Waals surface area (Å²) in [4.78, 5) is 28.9. The molecule has 13 nitrogen and oxygen atoms in total. The minimum atomic E-state index is -0.704. The predicted molar refractivity (Wildman–Crippen MR) is 475 cm³/mol. The van der Waals surface area contributed by atoms with Gasteiger partial charge in [-0.15, -0.1) is 0 Å². The van der Waals surface area contributed by atoms with Crippen LogP contribution in [0.25, 0.3) is 43.1 Å². The third kappa shape index (κ3) is 11.4. The number of benzene rings is 12. The number of anilines is 4. The van der Waals surface area contributed by atoms with E-state index in [0.29, 0.717) is 13.2 Å². The summed E-state index contributed by atoms with van der Waals surface area (Å²) in [5.74, 6) is 3.34. The summed E-state index contributed by atoms with van der Waals surface area (Å²) in [6.07, 6.45) is 8.02. The number of nitrogens with zero attached hydrogens (tertiary/aromatic N) is 8. The molecule has 17 heteroatoms. The van der Waals surface area contributed by atoms with Crippen molar-refractivity contribution < 1.29 is 23.7 Å². The first-order chi connectivity index (χ1) is 53.6. The fourth-order valence-corrected chi connectivity index (χ4v) is 19.9. The highest BCUT2D eigenvalue weighted by Gasteiger charge is 2.63. The third-order valence-electron chi connectivity index (χ3n) is 24.6. The Hall–Kier alpha value is -9.36. The molecule has 0 amide bonds. The zero-order valence-electron chi connectivity index (χ0n) is 64.0. The number of alkyl halides is 4. The topological polar surface area (TPSA) is 109 Å². The van der Waals surface area contributed by atoms with Gasteiger partial charge >= 0.3 is 0 Å². The SMILES string of the molecule is CC1(C)c2ccccc2N(CCBr)C12C=Nc1c(ccc3ccccc13)O2.CC1(C)c2ccccc2N(CCOCCBr)C12C=Nc1c(ccc3ccccc13)O2.CN1c2cc(CBr)ccc2C(C)(C)C12C=Nc1c(ccc3ccccc13)O2.CN1c2cccc(CBr)c2C(C)(C)C12C=Nc1c(ccc3ccccc13)O2. The predicted octanol–water partition coefficient (Wildman–Crippen LogP) is 23.6. The summed E-state index contributed by atoms with van der Waals surface area (Å²) in [6.45, 7) is 20.8. The average Bonchev–Trinajstić information content (AvgIpc) is 1.57. The van der Waals surface area contributed by atoms with Crippen LogP contribution >= 0.6 is 63.7 Å². The number of aliphatic imine (C=N–C) groups is 4. The molecule has 0 aliphatic carbocycles. The second-order valence-corrected chi connectivity index (χ2v) is 34.3. The lowest BCUT2D eigenvalue weighted by Gasteiger charge is -2.46. The highest BCUT2D eigenvalue weighted by atomic mass is 79.9. The van der Waals surface area contributed by atoms with Crippen LogP contribution in [0.4, 0.5) is 45.5 Å². The van der Waals surface area contributed by atoms with Gasteiger partial charge in [0.2, 0.25) is 22.9 Å². The number of hydrogen-bond acceptors (Lipinski definition) is 13. The first-order valence-corrected chi connectivity index (χ1v) is 42.5. The van der Waals surface area contributed by atoms with Crippen LogP contribution in [0.15, 0.2) is 250 Å². The number of rotatable bonds is 9. The average molecular weight is 1730 g/mol. The number of likely N-dealkylation sites (N-methyl/N-ethyl adjacent to an activating group) is 2. The minimum absolute atomic E-state index is 0.238. The van der Waals surface area contributed by atoms with E-state index in [-0.39, 0.29) is 21.7 Å². The van der Waals surface area contributed by atoms with Crippen molar-refractivity contribution in [2.75, 3.05) is 70.7 Å². The molecule has 0 N–H and O–H groups in total. The smallest absolute Gasteiger partial charge is 0.228 e. The molecule has 111 heavy (non-hydrogen) atoms. The van der Waals surface area contributed by atoms with Gasteiger partial charge in [0.25, 0.3) is 0 Å². The summed E-state index contributed by atoms with van der Waals surface area (Å²) < 4.78 is 33.0. The van der Waals surface area contributed by atoms with Crippen LogP contribution < -0.4 is 38.5 Å². The van der Waals surface area contributed by atoms with E-state index in [1.165, 1.54) is 77.7 Å². The monoisotopic (exact) mass is 1720 g/mol. The lowest BCUT2D eigenvalue weighted by Crippen LogP contribution is -2.62. The van der Waals surface area contributed by atoms with E-state index in [4.69, 9.17) is 43.7 Å². The van der Waals surface area contributed by atoms with Gasteiger partial charge in [0.1, 0.15) is 45.7 Å². The third-order valence-corrected chi connectivity index (χ3v) is 26.5. The molecule has 0 fully saturated rings. The van der Waals surface area contributed by atoms with Gasteiger partial charge in [0, 0.05) is 92.8 Å². The maximum Gasteiger partial charge on any atom is 0.228 e. The normalized spacial score (nSPS) is 21.7. The quantitative estimate of drug-likeness (QED) is 0.103. The Bertz CT molecular complexity index is 5820. The zero-order valence-corrected chi connectivity index (χ0v) is 70.4. The summed E-state index contributed by atoms with van der Waals surface area (Å²) in [5, 5.41) is 12.5. The number of hydrogen-bond donors (Lipinski definition) is 0. The minimum Gasteiger partial charge on any atom is -0.459 e. The van der Waals surface area contributed by atoms with Crippen LogP contribution in [0.1, 0.15) is 88.8 Å². The lowest BCUT2D eigenvalue weighted by atomic mass is 9.76. The maximum atomic E-state index is 6.87. The van der Waals surface area contributed by atoms with Crippen LogP contribution in [-0.4, -0.2) is 98.8 Å². The fourth-order valence-electron chi connectivity index (χ4n) is 18.5. The van der Waals surface area contributed by atoms with E-state index in [1.54, 1.807) is 0 Å². The first kappa shape index (κ1) is 74.4. The summed E-state index contributed by atoms with van der Waals surface area (Å²) in [6, 6.07) is 80.2. The van der Waals surface area contributed by atoms with E-state index in [9.17, 15) is 0 Å². The molecule has 562 valence electrons. The molecule has 0 saturated carbocycles. The number of para-hydroxylation sites is 2. The van der Waals surface area contributed by atoms with Gasteiger partial charge in [-0.3, -0.25) is 20.0 Å². The van der Waals surface area contributed by atoms with Crippen molar-refractivity contribution >= 4 is 177 Å². The maximum absolute atomic E-state index is 6.87. The van der Waals surface area contributed by atoms with Gasteiger partial charge in [-0.05, 0) is 159 Å². The lowest BCUT2D eigenvalue weighted by molar-refractivity contribution is 0.0683. The zero-order chi connectivity index (χ0) is 77.0. The molecule has 8 aliphatic rings. The van der Waals surface area contributed by atoms with Gasteiger partial charge < -0.3 is 43.3 Å². The number of fused-ring (bicyclic) bond motifs is 16. The molecule has 4 atom stereocenters. The molecule has 12 aromatic rings. The fraction of sp³-hybridized carbons (Fsp3) is 0.277. The second kappa shape index (κ2) is 28.4. The molecule has 0 saturated heterocycles. The molecule has 8 aliphatic heterocycles. The highest BCUT2D eigenvalue weighted by Crippen LogP contribution is 2.60. The van der Waals surface area contributed by atoms with E-state index in [2.05, 4.69) is 353 Å². The van der Waals surface area contributed by atoms with Gasteiger partial charge in [-0.2, -0.15) is 0 Å². The van der Waals surface area contributed by atoms with Crippen molar-refractivity contribution in [3.63, 3.8) is 0 Å². The van der Waals surface area contributed by atoms with Crippen molar-refractivity contribution in [2.45, 2.75) is 111 Å². The van der Waals surface area contributed by atoms with Crippen molar-refractivity contribution in [1.29, 1.82) is 0 Å². The van der Waals surface area contributed by atoms with Crippen molar-refractivity contribution in [3.8, 4) is 23.0 Å². The molecule has 20 rings (SSSR count). The van der Waals surface area contributed by atoms with Gasteiger partial charge in [-0.25, -0.2) is 0 Å². The van der Waals surface area contributed by atoms with Crippen LogP contribution in [0.3, 0.4) is 0 Å². The number of ether oxygens (including phenoxy) is 5. The molecule has 4 unspecified atom stereocenters. The summed E-state index contributed by atoms with van der Waals surface area (Å²) in [7, 11) is 4.20.